The molecule has 12 heteroatoms. The SMILES string of the molecule is Cc1nnc2nc(N(CC(F)F)c3ccnc(C#CC4(C(F)F)CC4)c3F)c3c(F)cccc3n12. The van der Waals surface area contributed by atoms with Crippen LogP contribution in [0.4, 0.5) is 37.8 Å². The van der Waals surface area contributed by atoms with Gasteiger partial charge in [-0.1, -0.05) is 12.0 Å². The summed E-state index contributed by atoms with van der Waals surface area (Å²) in [5, 5.41) is 7.66. The van der Waals surface area contributed by atoms with Gasteiger partial charge in [0.2, 0.25) is 0 Å². The van der Waals surface area contributed by atoms with Crippen molar-refractivity contribution in [3.8, 4) is 11.8 Å². The number of alkyl halides is 4. The molecule has 0 saturated heterocycles. The van der Waals surface area contributed by atoms with Gasteiger partial charge in [0.05, 0.1) is 28.6 Å². The Kier molecular flexibility index (Phi) is 5.50. The second-order valence-corrected chi connectivity index (χ2v) is 8.15. The first kappa shape index (κ1) is 22.9. The van der Waals surface area contributed by atoms with Gasteiger partial charge in [-0.3, -0.25) is 4.40 Å². The first-order chi connectivity index (χ1) is 16.7. The number of rotatable bonds is 5. The maximum absolute atomic E-state index is 15.5. The Morgan fingerprint density at radius 3 is 2.57 bits per heavy atom. The minimum atomic E-state index is -2.97. The number of pyridine rings is 1. The Hall–Kier alpha value is -3.88. The minimum absolute atomic E-state index is 0.00282. The molecule has 35 heavy (non-hydrogen) atoms. The summed E-state index contributed by atoms with van der Waals surface area (Å²) >= 11 is 0. The number of halogens is 6. The largest absolute Gasteiger partial charge is 0.317 e. The number of aryl methyl sites for hydroxylation is 1. The molecule has 180 valence electrons. The van der Waals surface area contributed by atoms with Crippen LogP contribution in [0.3, 0.4) is 0 Å². The third kappa shape index (κ3) is 3.90. The first-order valence-corrected chi connectivity index (χ1v) is 10.5. The molecule has 1 saturated carbocycles. The molecule has 1 aromatic carbocycles. The Bertz CT molecular complexity index is 1500. The van der Waals surface area contributed by atoms with Crippen LogP contribution < -0.4 is 4.90 Å². The van der Waals surface area contributed by atoms with Crippen LogP contribution >= 0.6 is 0 Å². The van der Waals surface area contributed by atoms with Crippen LogP contribution in [0, 0.1) is 35.8 Å². The fourth-order valence-corrected chi connectivity index (χ4v) is 3.85. The van der Waals surface area contributed by atoms with E-state index < -0.39 is 47.8 Å². The number of anilines is 2. The van der Waals surface area contributed by atoms with E-state index in [9.17, 15) is 17.6 Å². The average Bonchev–Trinajstić information content (AvgIpc) is 3.53. The van der Waals surface area contributed by atoms with Crippen molar-refractivity contribution in [1.29, 1.82) is 0 Å². The molecule has 5 rings (SSSR count). The zero-order valence-electron chi connectivity index (χ0n) is 18.1. The van der Waals surface area contributed by atoms with Gasteiger partial charge in [0, 0.05) is 6.20 Å². The van der Waals surface area contributed by atoms with Gasteiger partial charge in [-0.2, -0.15) is 4.98 Å². The molecule has 0 N–H and O–H groups in total. The number of hydrogen-bond donors (Lipinski definition) is 0. The van der Waals surface area contributed by atoms with Crippen LogP contribution in [0.5, 0.6) is 0 Å². The van der Waals surface area contributed by atoms with Gasteiger partial charge >= 0.3 is 0 Å². The number of nitrogens with zero attached hydrogens (tertiary/aromatic N) is 6. The molecule has 1 aliphatic carbocycles. The van der Waals surface area contributed by atoms with Crippen LogP contribution in [0.25, 0.3) is 16.7 Å². The molecule has 0 atom stereocenters. The van der Waals surface area contributed by atoms with Gasteiger partial charge in [-0.05, 0) is 43.9 Å². The number of benzene rings is 1. The smallest absolute Gasteiger partial charge is 0.257 e. The molecular weight excluding hydrogens is 474 g/mol. The first-order valence-electron chi connectivity index (χ1n) is 10.5. The predicted octanol–water partition coefficient (Wildman–Crippen LogP) is 5.06. The van der Waals surface area contributed by atoms with Crippen LogP contribution in [0.2, 0.25) is 0 Å². The third-order valence-electron chi connectivity index (χ3n) is 5.84. The molecule has 0 unspecified atom stereocenters. The monoisotopic (exact) mass is 490 g/mol. The minimum Gasteiger partial charge on any atom is -0.317 e. The summed E-state index contributed by atoms with van der Waals surface area (Å²) in [5.41, 5.74) is -2.17. The second kappa shape index (κ2) is 8.41. The second-order valence-electron chi connectivity index (χ2n) is 8.15. The summed E-state index contributed by atoms with van der Waals surface area (Å²) < 4.78 is 85.7. The van der Waals surface area contributed by atoms with E-state index in [-0.39, 0.29) is 35.3 Å². The molecule has 0 spiro atoms. The summed E-state index contributed by atoms with van der Waals surface area (Å²) in [6.07, 6.45) is -4.22. The number of fused-ring (bicyclic) bond motifs is 3. The summed E-state index contributed by atoms with van der Waals surface area (Å²) in [6.45, 7) is 0.566. The average molecular weight is 490 g/mol. The highest BCUT2D eigenvalue weighted by Gasteiger charge is 2.50. The molecule has 4 aromatic rings. The maximum atomic E-state index is 15.5. The molecule has 0 radical (unpaired) electrons. The van der Waals surface area contributed by atoms with E-state index in [4.69, 9.17) is 0 Å². The van der Waals surface area contributed by atoms with Crippen LogP contribution in [-0.4, -0.2) is 44.0 Å². The summed E-state index contributed by atoms with van der Waals surface area (Å²) in [7, 11) is 0. The maximum Gasteiger partial charge on any atom is 0.257 e. The lowest BCUT2D eigenvalue weighted by Crippen LogP contribution is -2.27. The molecular formula is C23H16F6N6. The summed E-state index contributed by atoms with van der Waals surface area (Å²) in [5.74, 6) is 2.88. The lowest BCUT2D eigenvalue weighted by molar-refractivity contribution is 0.0921. The van der Waals surface area contributed by atoms with Gasteiger partial charge < -0.3 is 4.90 Å². The van der Waals surface area contributed by atoms with Crippen molar-refractivity contribution >= 4 is 28.2 Å². The van der Waals surface area contributed by atoms with Crippen molar-refractivity contribution in [3.05, 3.63) is 53.6 Å². The molecule has 0 aliphatic heterocycles. The third-order valence-corrected chi connectivity index (χ3v) is 5.84. The molecule has 0 bridgehead atoms. The van der Waals surface area contributed by atoms with Gasteiger partial charge in [-0.25, -0.2) is 31.3 Å². The number of aromatic nitrogens is 5. The van der Waals surface area contributed by atoms with Gasteiger partial charge in [0.25, 0.3) is 18.6 Å². The van der Waals surface area contributed by atoms with E-state index in [1.54, 1.807) is 6.92 Å². The fourth-order valence-electron chi connectivity index (χ4n) is 3.85. The van der Waals surface area contributed by atoms with E-state index >= 15 is 8.78 Å². The lowest BCUT2D eigenvalue weighted by atomic mass is 10.1. The van der Waals surface area contributed by atoms with E-state index in [0.29, 0.717) is 5.82 Å². The van der Waals surface area contributed by atoms with Gasteiger partial charge in [0.15, 0.2) is 11.5 Å². The zero-order chi connectivity index (χ0) is 24.9. The van der Waals surface area contributed by atoms with Crippen molar-refractivity contribution in [1.82, 2.24) is 24.6 Å². The van der Waals surface area contributed by atoms with E-state index in [2.05, 4.69) is 32.0 Å². The van der Waals surface area contributed by atoms with Crippen molar-refractivity contribution in [2.24, 2.45) is 5.41 Å². The van der Waals surface area contributed by atoms with Gasteiger partial charge in [0.1, 0.15) is 17.5 Å². The Balaban J connectivity index is 1.72. The normalized spacial score (nSPS) is 14.5. The summed E-state index contributed by atoms with van der Waals surface area (Å²) in [6, 6.07) is 5.19. The molecule has 6 nitrogen and oxygen atoms in total. The van der Waals surface area contributed by atoms with E-state index in [0.717, 1.165) is 23.2 Å². The van der Waals surface area contributed by atoms with E-state index in [1.807, 2.05) is 0 Å². The molecule has 3 aromatic heterocycles. The molecule has 3 heterocycles. The van der Waals surface area contributed by atoms with Crippen molar-refractivity contribution < 1.29 is 26.3 Å². The number of hydrogen-bond acceptors (Lipinski definition) is 5. The van der Waals surface area contributed by atoms with Crippen LogP contribution in [-0.2, 0) is 0 Å². The van der Waals surface area contributed by atoms with Crippen molar-refractivity contribution in [3.63, 3.8) is 0 Å². The molecule has 1 fully saturated rings. The highest BCUT2D eigenvalue weighted by molar-refractivity contribution is 5.94. The Morgan fingerprint density at radius 1 is 1.11 bits per heavy atom. The van der Waals surface area contributed by atoms with Crippen LogP contribution in [0.15, 0.2) is 30.5 Å². The molecule has 1 aliphatic rings. The van der Waals surface area contributed by atoms with Crippen molar-refractivity contribution in [2.75, 3.05) is 11.4 Å². The van der Waals surface area contributed by atoms with E-state index in [1.165, 1.54) is 16.5 Å². The van der Waals surface area contributed by atoms with Crippen molar-refractivity contribution in [2.45, 2.75) is 32.6 Å². The highest BCUT2D eigenvalue weighted by atomic mass is 19.3. The zero-order valence-corrected chi connectivity index (χ0v) is 18.1. The quantitative estimate of drug-likeness (QED) is 0.289. The summed E-state index contributed by atoms with van der Waals surface area (Å²) in [4.78, 5) is 8.82. The standard InChI is InChI=1S/C23H16F6N6/c1-12-32-33-22-31-20(18-13(24)3-2-4-15(18)35(12)22)34(11-17(25)26)16-6-10-30-14(19(16)27)5-7-23(8-9-23)21(28)29/h2-4,6,10,17,21H,8-9,11H2,1H3. The topological polar surface area (TPSA) is 59.2 Å². The Morgan fingerprint density at radius 2 is 1.89 bits per heavy atom. The van der Waals surface area contributed by atoms with Crippen LogP contribution in [0.1, 0.15) is 24.4 Å². The lowest BCUT2D eigenvalue weighted by Gasteiger charge is -2.25. The Labute approximate surface area is 194 Å². The predicted molar refractivity (Wildman–Crippen MR) is 115 cm³/mol. The van der Waals surface area contributed by atoms with Gasteiger partial charge in [-0.15, -0.1) is 10.2 Å². The molecule has 0 amide bonds. The highest BCUT2D eigenvalue weighted by Crippen LogP contribution is 2.50. The fraction of sp³-hybridized carbons (Fsp3) is 0.304.